The van der Waals surface area contributed by atoms with Gasteiger partial charge in [0.05, 0.1) is 5.69 Å². The lowest BCUT2D eigenvalue weighted by Gasteiger charge is -2.07. The minimum atomic E-state index is -0.439. The summed E-state index contributed by atoms with van der Waals surface area (Å²) in [4.78, 5) is 0. The fourth-order valence-electron chi connectivity index (χ4n) is 0.920. The van der Waals surface area contributed by atoms with Crippen LogP contribution in [0, 0.1) is 19.7 Å². The van der Waals surface area contributed by atoms with Gasteiger partial charge in [0.1, 0.15) is 5.82 Å². The number of nitrogens with two attached hydrogens (primary N) is 2. The lowest BCUT2D eigenvalue weighted by molar-refractivity contribution is 0.632. The van der Waals surface area contributed by atoms with Gasteiger partial charge in [-0.25, -0.2) is 4.39 Å². The Morgan fingerprint density at radius 1 is 1.18 bits per heavy atom. The molecule has 0 aliphatic heterocycles. The van der Waals surface area contributed by atoms with Crippen molar-refractivity contribution in [1.82, 2.24) is 0 Å². The number of anilines is 2. The number of hydrogen-bond donors (Lipinski definition) is 2. The zero-order chi connectivity index (χ0) is 8.59. The predicted octanol–water partition coefficient (Wildman–Crippen LogP) is 1.61. The first-order chi connectivity index (χ1) is 5.04. The van der Waals surface area contributed by atoms with Crippen molar-refractivity contribution in [2.24, 2.45) is 0 Å². The van der Waals surface area contributed by atoms with Gasteiger partial charge in [-0.1, -0.05) is 0 Å². The third-order valence-electron chi connectivity index (χ3n) is 1.94. The molecule has 0 spiro atoms. The summed E-state index contributed by atoms with van der Waals surface area (Å²) in [6, 6.07) is 1.25. The van der Waals surface area contributed by atoms with Crippen molar-refractivity contribution in [3.8, 4) is 0 Å². The van der Waals surface area contributed by atoms with Crippen LogP contribution in [0.25, 0.3) is 0 Å². The van der Waals surface area contributed by atoms with E-state index in [9.17, 15) is 4.39 Å². The van der Waals surface area contributed by atoms with E-state index < -0.39 is 5.82 Å². The number of rotatable bonds is 0. The van der Waals surface area contributed by atoms with Crippen molar-refractivity contribution in [2.75, 3.05) is 11.5 Å². The largest absolute Gasteiger partial charge is 0.398 e. The maximum Gasteiger partial charge on any atom is 0.148 e. The zero-order valence-corrected chi connectivity index (χ0v) is 6.61. The first kappa shape index (κ1) is 7.85. The Bertz CT molecular complexity index is 268. The van der Waals surface area contributed by atoms with Crippen LogP contribution in [-0.2, 0) is 0 Å². The fraction of sp³-hybridized carbons (Fsp3) is 0.250. The first-order valence-electron chi connectivity index (χ1n) is 3.34. The SMILES string of the molecule is Cc1c(N)cc(F)c(N)c1C. The van der Waals surface area contributed by atoms with E-state index in [-0.39, 0.29) is 5.69 Å². The lowest BCUT2D eigenvalue weighted by Crippen LogP contribution is -2.00. The number of benzene rings is 1. The van der Waals surface area contributed by atoms with Crippen LogP contribution in [0.3, 0.4) is 0 Å². The summed E-state index contributed by atoms with van der Waals surface area (Å²) in [5.41, 5.74) is 13.1. The Kier molecular flexibility index (Phi) is 1.72. The Morgan fingerprint density at radius 3 is 2.27 bits per heavy atom. The van der Waals surface area contributed by atoms with Gasteiger partial charge in [-0.05, 0) is 31.0 Å². The predicted molar refractivity (Wildman–Crippen MR) is 44.7 cm³/mol. The highest BCUT2D eigenvalue weighted by Gasteiger charge is 2.06. The summed E-state index contributed by atoms with van der Waals surface area (Å²) < 4.78 is 12.8. The smallest absolute Gasteiger partial charge is 0.148 e. The van der Waals surface area contributed by atoms with Crippen LogP contribution in [0.5, 0.6) is 0 Å². The van der Waals surface area contributed by atoms with E-state index in [1.165, 1.54) is 6.07 Å². The molecular formula is C8H11FN2. The minimum Gasteiger partial charge on any atom is -0.398 e. The monoisotopic (exact) mass is 154 g/mol. The molecule has 0 atom stereocenters. The second-order valence-electron chi connectivity index (χ2n) is 2.61. The van der Waals surface area contributed by atoms with E-state index in [4.69, 9.17) is 11.5 Å². The molecule has 0 bridgehead atoms. The number of hydrogen-bond acceptors (Lipinski definition) is 2. The molecule has 2 nitrogen and oxygen atoms in total. The second kappa shape index (κ2) is 2.42. The van der Waals surface area contributed by atoms with E-state index in [2.05, 4.69) is 0 Å². The van der Waals surface area contributed by atoms with Crippen LogP contribution in [0.2, 0.25) is 0 Å². The van der Waals surface area contributed by atoms with Crippen molar-refractivity contribution in [2.45, 2.75) is 13.8 Å². The molecule has 0 amide bonds. The summed E-state index contributed by atoms with van der Waals surface area (Å²) >= 11 is 0. The van der Waals surface area contributed by atoms with Crippen molar-refractivity contribution < 1.29 is 4.39 Å². The molecule has 1 aromatic carbocycles. The molecule has 1 rings (SSSR count). The van der Waals surface area contributed by atoms with Gasteiger partial charge >= 0.3 is 0 Å². The number of nitrogen functional groups attached to an aromatic ring is 2. The quantitative estimate of drug-likeness (QED) is 0.558. The second-order valence-corrected chi connectivity index (χ2v) is 2.61. The Labute approximate surface area is 65.0 Å². The van der Waals surface area contributed by atoms with E-state index in [1.807, 2.05) is 6.92 Å². The molecule has 0 heterocycles. The molecule has 60 valence electrons. The molecule has 0 aliphatic rings. The molecule has 0 aliphatic carbocycles. The van der Waals surface area contributed by atoms with Gasteiger partial charge in [0.15, 0.2) is 0 Å². The molecule has 4 N–H and O–H groups in total. The van der Waals surface area contributed by atoms with Crippen LogP contribution >= 0.6 is 0 Å². The van der Waals surface area contributed by atoms with Crippen LogP contribution in [0.15, 0.2) is 6.07 Å². The van der Waals surface area contributed by atoms with Gasteiger partial charge in [-0.2, -0.15) is 0 Å². The van der Waals surface area contributed by atoms with Gasteiger partial charge in [-0.15, -0.1) is 0 Å². The summed E-state index contributed by atoms with van der Waals surface area (Å²) in [7, 11) is 0. The molecule has 11 heavy (non-hydrogen) atoms. The highest BCUT2D eigenvalue weighted by molar-refractivity contribution is 5.61. The van der Waals surface area contributed by atoms with E-state index in [0.717, 1.165) is 11.1 Å². The highest BCUT2D eigenvalue weighted by atomic mass is 19.1. The fourth-order valence-corrected chi connectivity index (χ4v) is 0.920. The average Bonchev–Trinajstić information content (AvgIpc) is 1.97. The third kappa shape index (κ3) is 1.13. The summed E-state index contributed by atoms with van der Waals surface area (Å²) in [5, 5.41) is 0. The van der Waals surface area contributed by atoms with Gasteiger partial charge in [0.2, 0.25) is 0 Å². The van der Waals surface area contributed by atoms with Gasteiger partial charge in [0.25, 0.3) is 0 Å². The molecule has 0 aromatic heterocycles. The third-order valence-corrected chi connectivity index (χ3v) is 1.94. The van der Waals surface area contributed by atoms with Gasteiger partial charge in [0, 0.05) is 5.69 Å². The number of halogens is 1. The normalized spacial score (nSPS) is 10.1. The maximum atomic E-state index is 12.8. The standard InChI is InChI=1S/C8H11FN2/c1-4-5(2)8(11)6(9)3-7(4)10/h3H,10-11H2,1-2H3. The minimum absolute atomic E-state index is 0.191. The van der Waals surface area contributed by atoms with Crippen molar-refractivity contribution in [3.63, 3.8) is 0 Å². The molecule has 1 aromatic rings. The highest BCUT2D eigenvalue weighted by Crippen LogP contribution is 2.24. The zero-order valence-electron chi connectivity index (χ0n) is 6.61. The van der Waals surface area contributed by atoms with Gasteiger partial charge in [-0.3, -0.25) is 0 Å². The van der Waals surface area contributed by atoms with Crippen molar-refractivity contribution >= 4 is 11.4 Å². The molecular weight excluding hydrogens is 143 g/mol. The van der Waals surface area contributed by atoms with Gasteiger partial charge < -0.3 is 11.5 Å². The van der Waals surface area contributed by atoms with Crippen LogP contribution in [0.4, 0.5) is 15.8 Å². The first-order valence-corrected chi connectivity index (χ1v) is 3.34. The van der Waals surface area contributed by atoms with Crippen LogP contribution < -0.4 is 11.5 Å². The maximum absolute atomic E-state index is 12.8. The summed E-state index contributed by atoms with van der Waals surface area (Å²) in [6.07, 6.45) is 0. The Balaban J connectivity index is 3.46. The van der Waals surface area contributed by atoms with Crippen molar-refractivity contribution in [3.05, 3.63) is 23.0 Å². The summed E-state index contributed by atoms with van der Waals surface area (Å²) in [6.45, 7) is 3.57. The molecule has 3 heteroatoms. The average molecular weight is 154 g/mol. The summed E-state index contributed by atoms with van der Waals surface area (Å²) in [5.74, 6) is -0.439. The lowest BCUT2D eigenvalue weighted by atomic mass is 10.1. The van der Waals surface area contributed by atoms with Crippen LogP contribution in [0.1, 0.15) is 11.1 Å². The topological polar surface area (TPSA) is 52.0 Å². The molecule has 0 saturated carbocycles. The van der Waals surface area contributed by atoms with E-state index in [0.29, 0.717) is 5.69 Å². The van der Waals surface area contributed by atoms with E-state index in [1.54, 1.807) is 6.92 Å². The van der Waals surface area contributed by atoms with Crippen LogP contribution in [-0.4, -0.2) is 0 Å². The molecule has 0 saturated heterocycles. The Morgan fingerprint density at radius 2 is 1.73 bits per heavy atom. The molecule has 0 radical (unpaired) electrons. The molecule has 0 fully saturated rings. The van der Waals surface area contributed by atoms with Crippen molar-refractivity contribution in [1.29, 1.82) is 0 Å². The molecule has 0 unspecified atom stereocenters. The van der Waals surface area contributed by atoms with E-state index >= 15 is 0 Å². The Hall–Kier alpha value is -1.25.